The summed E-state index contributed by atoms with van der Waals surface area (Å²) in [5.74, 6) is 0. The molecule has 9 heavy (non-hydrogen) atoms. The molecule has 5 heteroatoms. The van der Waals surface area contributed by atoms with E-state index >= 15 is 0 Å². The second kappa shape index (κ2) is 2.65. The number of hydrogen-bond acceptors (Lipinski definition) is 4. The fourth-order valence-electron chi connectivity index (χ4n) is 0.507. The minimum absolute atomic E-state index is 0.387. The van der Waals surface area contributed by atoms with Crippen LogP contribution in [0.2, 0.25) is 0 Å². The zero-order valence-electron chi connectivity index (χ0n) is 4.57. The fraction of sp³-hybridized carbons (Fsp3) is 0.750. The lowest BCUT2D eigenvalue weighted by molar-refractivity contribution is -0.317. The molecule has 0 saturated carbocycles. The van der Waals surface area contributed by atoms with Crippen molar-refractivity contribution in [3.05, 3.63) is 0 Å². The zero-order valence-corrected chi connectivity index (χ0v) is 4.57. The SMILES string of the molecule is O=C(O)OC1CCOO1. The number of ether oxygens (including phenoxy) is 1. The molecule has 1 unspecified atom stereocenters. The van der Waals surface area contributed by atoms with Crippen LogP contribution in [0.15, 0.2) is 0 Å². The smallest absolute Gasteiger partial charge is 0.450 e. The van der Waals surface area contributed by atoms with E-state index < -0.39 is 12.4 Å². The monoisotopic (exact) mass is 134 g/mol. The second-order valence-corrected chi connectivity index (χ2v) is 1.52. The van der Waals surface area contributed by atoms with Gasteiger partial charge in [0.15, 0.2) is 0 Å². The third kappa shape index (κ3) is 1.87. The number of carboxylic acid groups (broad SMARTS) is 1. The summed E-state index contributed by atoms with van der Waals surface area (Å²) >= 11 is 0. The molecule has 1 rings (SSSR count). The maximum absolute atomic E-state index is 9.80. The van der Waals surface area contributed by atoms with Crippen LogP contribution in [0.4, 0.5) is 4.79 Å². The first-order valence-corrected chi connectivity index (χ1v) is 2.47. The summed E-state index contributed by atoms with van der Waals surface area (Å²) < 4.78 is 4.18. The Morgan fingerprint density at radius 1 is 1.78 bits per heavy atom. The molecular formula is C4H6O5. The molecule has 0 aliphatic carbocycles. The predicted molar refractivity (Wildman–Crippen MR) is 24.6 cm³/mol. The van der Waals surface area contributed by atoms with Gasteiger partial charge in [0.1, 0.15) is 0 Å². The Morgan fingerprint density at radius 3 is 3.00 bits per heavy atom. The van der Waals surface area contributed by atoms with Crippen LogP contribution in [0.1, 0.15) is 6.42 Å². The van der Waals surface area contributed by atoms with Crippen molar-refractivity contribution in [2.45, 2.75) is 12.7 Å². The van der Waals surface area contributed by atoms with E-state index in [0.717, 1.165) is 0 Å². The third-order valence-corrected chi connectivity index (χ3v) is 0.845. The minimum Gasteiger partial charge on any atom is -0.450 e. The zero-order chi connectivity index (χ0) is 6.69. The van der Waals surface area contributed by atoms with Gasteiger partial charge in [-0.25, -0.2) is 9.68 Å². The molecular weight excluding hydrogens is 128 g/mol. The molecule has 1 N–H and O–H groups in total. The Kier molecular flexibility index (Phi) is 1.86. The van der Waals surface area contributed by atoms with E-state index in [-0.39, 0.29) is 0 Å². The van der Waals surface area contributed by atoms with Gasteiger partial charge in [-0.1, -0.05) is 0 Å². The first-order chi connectivity index (χ1) is 4.29. The van der Waals surface area contributed by atoms with Crippen molar-refractivity contribution < 1.29 is 24.4 Å². The number of hydrogen-bond donors (Lipinski definition) is 1. The second-order valence-electron chi connectivity index (χ2n) is 1.52. The highest BCUT2D eigenvalue weighted by Gasteiger charge is 2.20. The van der Waals surface area contributed by atoms with Crippen LogP contribution in [0.5, 0.6) is 0 Å². The summed E-state index contributed by atoms with van der Waals surface area (Å²) in [6, 6.07) is 0. The van der Waals surface area contributed by atoms with E-state index in [9.17, 15) is 4.79 Å². The largest absolute Gasteiger partial charge is 0.508 e. The molecule has 0 aromatic carbocycles. The van der Waals surface area contributed by atoms with Gasteiger partial charge >= 0.3 is 6.16 Å². The summed E-state index contributed by atoms with van der Waals surface area (Å²) in [5, 5.41) is 8.02. The fourth-order valence-corrected chi connectivity index (χ4v) is 0.507. The van der Waals surface area contributed by atoms with Gasteiger partial charge in [0.05, 0.1) is 6.61 Å². The Balaban J connectivity index is 2.19. The third-order valence-electron chi connectivity index (χ3n) is 0.845. The summed E-state index contributed by atoms with van der Waals surface area (Å²) in [7, 11) is 0. The van der Waals surface area contributed by atoms with Gasteiger partial charge < -0.3 is 9.84 Å². The van der Waals surface area contributed by atoms with Crippen LogP contribution in [-0.4, -0.2) is 24.2 Å². The molecule has 5 nitrogen and oxygen atoms in total. The standard InChI is InChI=1S/C4H6O5/c5-4(6)8-3-1-2-7-9-3/h3H,1-2H2,(H,5,6). The summed E-state index contributed by atoms with van der Waals surface area (Å²) in [6.07, 6.45) is -1.61. The van der Waals surface area contributed by atoms with E-state index in [0.29, 0.717) is 13.0 Å². The van der Waals surface area contributed by atoms with Crippen molar-refractivity contribution in [3.63, 3.8) is 0 Å². The van der Waals surface area contributed by atoms with E-state index in [1.54, 1.807) is 0 Å². The molecule has 0 aromatic rings. The molecule has 0 aromatic heterocycles. The van der Waals surface area contributed by atoms with Crippen molar-refractivity contribution in [3.8, 4) is 0 Å². The highest BCUT2D eigenvalue weighted by atomic mass is 17.2. The van der Waals surface area contributed by atoms with Crippen LogP contribution in [0.25, 0.3) is 0 Å². The van der Waals surface area contributed by atoms with E-state index in [4.69, 9.17) is 5.11 Å². The normalized spacial score (nSPS) is 26.0. The van der Waals surface area contributed by atoms with E-state index in [2.05, 4.69) is 14.5 Å². The molecule has 1 saturated heterocycles. The van der Waals surface area contributed by atoms with E-state index in [1.807, 2.05) is 0 Å². The Hall–Kier alpha value is -0.810. The van der Waals surface area contributed by atoms with Gasteiger partial charge in [0, 0.05) is 6.42 Å². The molecule has 1 fully saturated rings. The van der Waals surface area contributed by atoms with Gasteiger partial charge in [0.2, 0.25) is 6.29 Å². The summed E-state index contributed by atoms with van der Waals surface area (Å²) in [4.78, 5) is 18.5. The van der Waals surface area contributed by atoms with Gasteiger partial charge in [-0.3, -0.25) is 0 Å². The topological polar surface area (TPSA) is 65.0 Å². The Labute approximate surface area is 51.1 Å². The minimum atomic E-state index is -1.34. The van der Waals surface area contributed by atoms with Crippen molar-refractivity contribution in [1.29, 1.82) is 0 Å². The molecule has 1 aliphatic heterocycles. The van der Waals surface area contributed by atoms with Gasteiger partial charge in [-0.2, -0.15) is 4.89 Å². The number of rotatable bonds is 1. The van der Waals surface area contributed by atoms with Gasteiger partial charge in [-0.05, 0) is 0 Å². The number of carbonyl (C=O) groups is 1. The first-order valence-electron chi connectivity index (χ1n) is 2.47. The van der Waals surface area contributed by atoms with Crippen molar-refractivity contribution in [2.24, 2.45) is 0 Å². The van der Waals surface area contributed by atoms with Crippen molar-refractivity contribution in [2.75, 3.05) is 6.61 Å². The average molecular weight is 134 g/mol. The molecule has 1 atom stereocenters. The van der Waals surface area contributed by atoms with Gasteiger partial charge in [-0.15, -0.1) is 0 Å². The average Bonchev–Trinajstić information content (AvgIpc) is 2.15. The Morgan fingerprint density at radius 2 is 2.56 bits per heavy atom. The highest BCUT2D eigenvalue weighted by molar-refractivity contribution is 5.56. The molecule has 0 radical (unpaired) electrons. The lowest BCUT2D eigenvalue weighted by Crippen LogP contribution is -2.14. The van der Waals surface area contributed by atoms with E-state index in [1.165, 1.54) is 0 Å². The molecule has 1 heterocycles. The van der Waals surface area contributed by atoms with Crippen molar-refractivity contribution in [1.82, 2.24) is 0 Å². The summed E-state index contributed by atoms with van der Waals surface area (Å²) in [5.41, 5.74) is 0. The van der Waals surface area contributed by atoms with Gasteiger partial charge in [0.25, 0.3) is 0 Å². The molecule has 1 aliphatic rings. The van der Waals surface area contributed by atoms with Crippen LogP contribution < -0.4 is 0 Å². The Bertz CT molecular complexity index is 106. The highest BCUT2D eigenvalue weighted by Crippen LogP contribution is 2.09. The molecule has 0 bridgehead atoms. The predicted octanol–water partition coefficient (Wildman–Crippen LogP) is 0.359. The molecule has 0 spiro atoms. The quantitative estimate of drug-likeness (QED) is 0.414. The summed E-state index contributed by atoms with van der Waals surface area (Å²) in [6.45, 7) is 0.387. The van der Waals surface area contributed by atoms with Crippen LogP contribution in [-0.2, 0) is 14.5 Å². The van der Waals surface area contributed by atoms with Crippen LogP contribution in [0.3, 0.4) is 0 Å². The molecule has 0 amide bonds. The van der Waals surface area contributed by atoms with Crippen LogP contribution >= 0.6 is 0 Å². The lowest BCUT2D eigenvalue weighted by Gasteiger charge is -2.02. The maximum atomic E-state index is 9.80. The first kappa shape index (κ1) is 6.31. The van der Waals surface area contributed by atoms with Crippen molar-refractivity contribution >= 4 is 6.16 Å². The molecule has 52 valence electrons. The van der Waals surface area contributed by atoms with Crippen LogP contribution in [0, 0.1) is 0 Å². The maximum Gasteiger partial charge on any atom is 0.508 e. The lowest BCUT2D eigenvalue weighted by atomic mass is 10.5.